The van der Waals surface area contributed by atoms with Gasteiger partial charge in [-0.3, -0.25) is 6.29 Å². The van der Waals surface area contributed by atoms with Crippen LogP contribution in [0.25, 0.3) is 0 Å². The second kappa shape index (κ2) is 10.3. The van der Waals surface area contributed by atoms with Crippen molar-refractivity contribution in [2.75, 3.05) is 0 Å². The molecule has 0 unspecified atom stereocenters. The van der Waals surface area contributed by atoms with Gasteiger partial charge in [0.15, 0.2) is 0 Å². The summed E-state index contributed by atoms with van der Waals surface area (Å²) in [6, 6.07) is 6.93. The quantitative estimate of drug-likeness (QED) is 0.404. The van der Waals surface area contributed by atoms with Crippen LogP contribution in [0.1, 0.15) is 47.5 Å². The molecular weight excluding hydrogens is 246 g/mol. The zero-order chi connectivity index (χ0) is 12.3. The predicted molar refractivity (Wildman–Crippen MR) is 63.1 cm³/mol. The molecule has 0 atom stereocenters. The Hall–Kier alpha value is -0.485. The molecular formula is C14H15Li2O4-. The normalized spacial score (nSPS) is 20.6. The molecule has 0 radical (unpaired) electrons. The van der Waals surface area contributed by atoms with Crippen LogP contribution in [0.4, 0.5) is 0 Å². The number of carboxylic acids is 1. The minimum absolute atomic E-state index is 0. The van der Waals surface area contributed by atoms with Gasteiger partial charge >= 0.3 is 37.7 Å². The zero-order valence-corrected chi connectivity index (χ0v) is 12.0. The topological polar surface area (TPSA) is 87.2 Å². The van der Waals surface area contributed by atoms with Gasteiger partial charge in [-0.1, -0.05) is 31.0 Å². The van der Waals surface area contributed by atoms with Crippen LogP contribution in [0.3, 0.4) is 0 Å². The molecule has 0 aromatic heterocycles. The molecule has 1 N–H and O–H groups in total. The molecule has 4 nitrogen and oxygen atoms in total. The fraction of sp³-hybridized carbons (Fsp3) is 0.429. The van der Waals surface area contributed by atoms with Gasteiger partial charge in [-0.25, -0.2) is 0 Å². The summed E-state index contributed by atoms with van der Waals surface area (Å²) in [7, 11) is 0. The van der Waals surface area contributed by atoms with E-state index in [9.17, 15) is 14.7 Å². The molecule has 6 heteroatoms. The van der Waals surface area contributed by atoms with Crippen LogP contribution in [0.2, 0.25) is 0 Å². The van der Waals surface area contributed by atoms with Crippen molar-refractivity contribution in [3.05, 3.63) is 35.4 Å². The van der Waals surface area contributed by atoms with Gasteiger partial charge in [0.2, 0.25) is 0 Å². The maximum Gasteiger partial charge on any atom is 1.00 e. The molecule has 1 aliphatic carbocycles. The first-order valence-electron chi connectivity index (χ1n) is 5.89. The molecule has 0 bridgehead atoms. The maximum absolute atomic E-state index is 10.8. The molecule has 1 aliphatic rings. The van der Waals surface area contributed by atoms with E-state index in [1.54, 1.807) is 18.2 Å². The monoisotopic (exact) mass is 261 g/mol. The summed E-state index contributed by atoms with van der Waals surface area (Å²) in [5, 5.41) is 10.8. The first-order valence-corrected chi connectivity index (χ1v) is 5.89. The van der Waals surface area contributed by atoms with Crippen molar-refractivity contribution in [3.8, 4) is 0 Å². The summed E-state index contributed by atoms with van der Waals surface area (Å²) in [5.74, 6) is -0.712. The van der Waals surface area contributed by atoms with Crippen LogP contribution in [-0.2, 0) is 4.79 Å². The van der Waals surface area contributed by atoms with Crippen LogP contribution in [0.15, 0.2) is 24.3 Å². The number of carboxylic acid groups (broad SMARTS) is 1. The molecule has 0 aliphatic heterocycles. The van der Waals surface area contributed by atoms with Gasteiger partial charge in [0.25, 0.3) is 0 Å². The van der Waals surface area contributed by atoms with E-state index in [0.717, 1.165) is 31.2 Å². The van der Waals surface area contributed by atoms with Gasteiger partial charge in [-0.15, -0.1) is 5.92 Å². The van der Waals surface area contributed by atoms with Crippen molar-refractivity contribution in [2.24, 2.45) is 5.92 Å². The third kappa shape index (κ3) is 5.48. The molecule has 2 rings (SSSR count). The van der Waals surface area contributed by atoms with Crippen LogP contribution < -0.4 is 42.8 Å². The number of carbonyl (C=O) groups excluding carboxylic acids is 2. The summed E-state index contributed by atoms with van der Waals surface area (Å²) < 4.78 is 0. The molecule has 0 saturated heterocycles. The van der Waals surface area contributed by atoms with E-state index in [1.165, 1.54) is 0 Å². The van der Waals surface area contributed by atoms with Gasteiger partial charge in [0, 0.05) is 0 Å². The van der Waals surface area contributed by atoms with Gasteiger partial charge in [0.1, 0.15) is 0 Å². The maximum atomic E-state index is 10.8. The third-order valence-corrected chi connectivity index (χ3v) is 3.49. The minimum atomic E-state index is -1.14. The fourth-order valence-corrected chi connectivity index (χ4v) is 2.46. The Morgan fingerprint density at radius 1 is 1.15 bits per heavy atom. The number of aromatic carboxylic acids is 1. The van der Waals surface area contributed by atoms with E-state index >= 15 is 0 Å². The van der Waals surface area contributed by atoms with Crippen molar-refractivity contribution < 1.29 is 57.9 Å². The Balaban J connectivity index is 0. The van der Waals surface area contributed by atoms with E-state index in [2.05, 4.69) is 6.29 Å². The summed E-state index contributed by atoms with van der Waals surface area (Å²) in [5.41, 5.74) is 1.27. The smallest absolute Gasteiger partial charge is 0.870 e. The van der Waals surface area contributed by atoms with Crippen LogP contribution in [0.5, 0.6) is 0 Å². The van der Waals surface area contributed by atoms with Crippen molar-refractivity contribution >= 4 is 12.3 Å². The van der Waals surface area contributed by atoms with Gasteiger partial charge in [-0.2, -0.15) is 0 Å². The first-order chi connectivity index (χ1) is 8.20. The first kappa shape index (κ1) is 21.8. The average molecular weight is 261 g/mol. The van der Waals surface area contributed by atoms with Crippen LogP contribution in [0, 0.1) is 5.92 Å². The van der Waals surface area contributed by atoms with E-state index in [-0.39, 0.29) is 54.7 Å². The Kier molecular flexibility index (Phi) is 11.2. The Labute approximate surface area is 143 Å². The number of rotatable bonds is 3. The second-order valence-electron chi connectivity index (χ2n) is 4.58. The molecule has 0 spiro atoms. The molecule has 20 heavy (non-hydrogen) atoms. The Bertz CT molecular complexity index is 429. The van der Waals surface area contributed by atoms with E-state index in [4.69, 9.17) is 0 Å². The number of carbonyl (C=O) groups is 1. The van der Waals surface area contributed by atoms with Crippen molar-refractivity contribution in [3.63, 3.8) is 0 Å². The molecule has 0 amide bonds. The van der Waals surface area contributed by atoms with Crippen molar-refractivity contribution in [2.45, 2.75) is 31.6 Å². The van der Waals surface area contributed by atoms with Crippen LogP contribution in [-0.4, -0.2) is 17.7 Å². The van der Waals surface area contributed by atoms with Crippen molar-refractivity contribution in [1.82, 2.24) is 0 Å². The summed E-state index contributed by atoms with van der Waals surface area (Å²) in [4.78, 5) is 21.3. The summed E-state index contributed by atoms with van der Waals surface area (Å²) in [6.45, 7) is 0. The van der Waals surface area contributed by atoms with Gasteiger partial charge < -0.3 is 20.2 Å². The molecule has 0 heterocycles. The molecule has 1 aromatic rings. The third-order valence-electron chi connectivity index (χ3n) is 3.49. The zero-order valence-electron chi connectivity index (χ0n) is 12.0. The number of hydrogen-bond donors (Lipinski definition) is 0. The van der Waals surface area contributed by atoms with Gasteiger partial charge in [0.05, 0.1) is 5.97 Å². The van der Waals surface area contributed by atoms with Crippen molar-refractivity contribution in [1.29, 1.82) is 0 Å². The van der Waals surface area contributed by atoms with Gasteiger partial charge in [-0.05, 0) is 36.0 Å². The molecule has 98 valence electrons. The standard InChI is InChI=1S/C14H15O3.2Li.H2O/c15-9-10-4-6-11(7-5-10)12-2-1-3-13(8-12)14(16)17;;;/h1-3,8,10-11H,4-7H2,(H,16,17);;;1H2/q-1;2*+1;/p-2. The fourth-order valence-electron chi connectivity index (χ4n) is 2.46. The Morgan fingerprint density at radius 3 is 2.25 bits per heavy atom. The predicted octanol–water partition coefficient (Wildman–Crippen LogP) is -4.74. The Morgan fingerprint density at radius 2 is 1.75 bits per heavy atom. The number of hydrogen-bond acceptors (Lipinski definition) is 4. The SMILES string of the molecule is O=[C-]C1CCC(c2cccc(C(=O)[O-])c2)CC1.[Li+].[Li+].[OH-]. The molecule has 1 saturated carbocycles. The number of benzene rings is 1. The van der Waals surface area contributed by atoms with E-state index in [1.807, 2.05) is 6.07 Å². The second-order valence-corrected chi connectivity index (χ2v) is 4.58. The summed E-state index contributed by atoms with van der Waals surface area (Å²) in [6.07, 6.45) is 5.61. The average Bonchev–Trinajstić information content (AvgIpc) is 2.39. The summed E-state index contributed by atoms with van der Waals surface area (Å²) >= 11 is 0. The van der Waals surface area contributed by atoms with E-state index in [0.29, 0.717) is 5.92 Å². The molecule has 1 aromatic carbocycles. The van der Waals surface area contributed by atoms with Crippen LogP contribution >= 0.6 is 0 Å². The minimum Gasteiger partial charge on any atom is -0.870 e. The largest absolute Gasteiger partial charge is 1.00 e. The van der Waals surface area contributed by atoms with E-state index < -0.39 is 5.97 Å². The molecule has 1 fully saturated rings.